The molecule has 0 bridgehead atoms. The molecule has 29 heavy (non-hydrogen) atoms. The van der Waals surface area contributed by atoms with Crippen LogP contribution >= 0.6 is 22.9 Å². The first kappa shape index (κ1) is 17.7. The van der Waals surface area contributed by atoms with E-state index < -0.39 is 0 Å². The molecular formula is C22H13ClN4OS. The number of fused-ring (bicyclic) bond motifs is 1. The molecule has 0 N–H and O–H groups in total. The molecule has 5 nitrogen and oxygen atoms in total. The van der Waals surface area contributed by atoms with Crippen molar-refractivity contribution in [1.82, 2.24) is 19.4 Å². The van der Waals surface area contributed by atoms with Gasteiger partial charge in [0, 0.05) is 17.4 Å². The number of nitrogens with zero attached hydrogens (tertiary/aromatic N) is 4. The maximum atomic E-state index is 13.3. The summed E-state index contributed by atoms with van der Waals surface area (Å²) in [6, 6.07) is 18.6. The Balaban J connectivity index is 1.79. The van der Waals surface area contributed by atoms with Gasteiger partial charge in [-0.3, -0.25) is 14.8 Å². The molecule has 7 heteroatoms. The maximum Gasteiger partial charge on any atom is 0.275 e. The lowest BCUT2D eigenvalue weighted by atomic mass is 10.1. The molecule has 5 aromatic rings. The molecule has 1 aromatic carbocycles. The number of benzene rings is 1. The SMILES string of the molecule is O=c1/c(=C/c2ccc(Cl)cc2)sc2nc(-c3ccccn3)c(-c3ccccn3)n12. The van der Waals surface area contributed by atoms with Gasteiger partial charge in [-0.25, -0.2) is 9.38 Å². The van der Waals surface area contributed by atoms with E-state index >= 15 is 0 Å². The summed E-state index contributed by atoms with van der Waals surface area (Å²) >= 11 is 7.30. The van der Waals surface area contributed by atoms with Crippen LogP contribution in [0.5, 0.6) is 0 Å². The second kappa shape index (κ2) is 7.24. The molecule has 0 atom stereocenters. The van der Waals surface area contributed by atoms with Gasteiger partial charge in [-0.2, -0.15) is 0 Å². The number of hydrogen-bond donors (Lipinski definition) is 0. The lowest BCUT2D eigenvalue weighted by Crippen LogP contribution is -2.23. The largest absolute Gasteiger partial charge is 0.275 e. The first-order valence-corrected chi connectivity index (χ1v) is 10.1. The zero-order chi connectivity index (χ0) is 19.8. The van der Waals surface area contributed by atoms with Crippen molar-refractivity contribution >= 4 is 34.0 Å². The Morgan fingerprint density at radius 1 is 0.897 bits per heavy atom. The molecule has 0 amide bonds. The molecular weight excluding hydrogens is 404 g/mol. The van der Waals surface area contributed by atoms with Gasteiger partial charge in [0.2, 0.25) is 0 Å². The Labute approximate surface area is 174 Å². The molecule has 0 aliphatic heterocycles. The maximum absolute atomic E-state index is 13.3. The quantitative estimate of drug-likeness (QED) is 0.444. The summed E-state index contributed by atoms with van der Waals surface area (Å²) in [5, 5.41) is 0.655. The summed E-state index contributed by atoms with van der Waals surface area (Å²) in [5.74, 6) is 0. The second-order valence-electron chi connectivity index (χ2n) is 6.32. The van der Waals surface area contributed by atoms with E-state index in [1.54, 1.807) is 28.9 Å². The van der Waals surface area contributed by atoms with Crippen LogP contribution in [-0.4, -0.2) is 19.4 Å². The van der Waals surface area contributed by atoms with E-state index in [0.717, 1.165) is 5.56 Å². The molecule has 0 saturated carbocycles. The fourth-order valence-corrected chi connectivity index (χ4v) is 4.23. The summed E-state index contributed by atoms with van der Waals surface area (Å²) in [6.07, 6.45) is 5.26. The second-order valence-corrected chi connectivity index (χ2v) is 7.77. The van der Waals surface area contributed by atoms with Gasteiger partial charge in [0.25, 0.3) is 5.56 Å². The number of aromatic nitrogens is 4. The molecule has 0 saturated heterocycles. The van der Waals surface area contributed by atoms with E-state index in [2.05, 4.69) is 9.97 Å². The minimum Gasteiger partial charge on any atom is -0.267 e. The first-order chi connectivity index (χ1) is 14.2. The summed E-state index contributed by atoms with van der Waals surface area (Å²) < 4.78 is 2.22. The monoisotopic (exact) mass is 416 g/mol. The topological polar surface area (TPSA) is 60.2 Å². The third-order valence-corrected chi connectivity index (χ3v) is 5.67. The molecule has 4 heterocycles. The standard InChI is InChI=1S/C22H13ClN4OS/c23-15-9-7-14(8-10-15)13-18-21(28)27-20(17-6-2-4-12-25-17)19(26-22(27)29-18)16-5-1-3-11-24-16/h1-13H/b18-13-. The van der Waals surface area contributed by atoms with Gasteiger partial charge in [0.15, 0.2) is 4.96 Å². The van der Waals surface area contributed by atoms with Crippen molar-refractivity contribution in [2.75, 3.05) is 0 Å². The number of rotatable bonds is 3. The molecule has 0 radical (unpaired) electrons. The van der Waals surface area contributed by atoms with Crippen molar-refractivity contribution in [1.29, 1.82) is 0 Å². The molecule has 0 aliphatic rings. The van der Waals surface area contributed by atoms with Crippen LogP contribution in [0.1, 0.15) is 5.56 Å². The number of imidazole rings is 1. The van der Waals surface area contributed by atoms with E-state index in [4.69, 9.17) is 16.6 Å². The van der Waals surface area contributed by atoms with Crippen molar-refractivity contribution in [3.63, 3.8) is 0 Å². The van der Waals surface area contributed by atoms with Gasteiger partial charge < -0.3 is 0 Å². The minimum atomic E-state index is -0.129. The lowest BCUT2D eigenvalue weighted by molar-refractivity contribution is 1.13. The van der Waals surface area contributed by atoms with Crippen LogP contribution in [0.25, 0.3) is 33.8 Å². The summed E-state index contributed by atoms with van der Waals surface area (Å²) in [7, 11) is 0. The highest BCUT2D eigenvalue weighted by Crippen LogP contribution is 2.30. The third kappa shape index (κ3) is 3.22. The molecule has 0 unspecified atom stereocenters. The number of halogens is 1. The lowest BCUT2D eigenvalue weighted by Gasteiger charge is -2.02. The number of hydrogen-bond acceptors (Lipinski definition) is 5. The summed E-state index contributed by atoms with van der Waals surface area (Å²) in [5.41, 5.74) is 3.44. The van der Waals surface area contributed by atoms with Crippen molar-refractivity contribution in [2.24, 2.45) is 0 Å². The van der Waals surface area contributed by atoms with Gasteiger partial charge in [0.05, 0.1) is 15.9 Å². The van der Waals surface area contributed by atoms with Gasteiger partial charge in [-0.1, -0.05) is 47.2 Å². The fourth-order valence-electron chi connectivity index (χ4n) is 3.13. The fraction of sp³-hybridized carbons (Fsp3) is 0. The Morgan fingerprint density at radius 2 is 1.59 bits per heavy atom. The van der Waals surface area contributed by atoms with Crippen LogP contribution in [0.3, 0.4) is 0 Å². The smallest absolute Gasteiger partial charge is 0.267 e. The highest BCUT2D eigenvalue weighted by molar-refractivity contribution is 7.15. The zero-order valence-electron chi connectivity index (χ0n) is 15.0. The van der Waals surface area contributed by atoms with Gasteiger partial charge in [-0.15, -0.1) is 0 Å². The van der Waals surface area contributed by atoms with Crippen molar-refractivity contribution in [3.05, 3.63) is 98.5 Å². The average molecular weight is 417 g/mol. The zero-order valence-corrected chi connectivity index (χ0v) is 16.6. The Bertz CT molecular complexity index is 1410. The van der Waals surface area contributed by atoms with Gasteiger partial charge in [-0.05, 0) is 48.0 Å². The third-order valence-electron chi connectivity index (χ3n) is 4.44. The van der Waals surface area contributed by atoms with Crippen molar-refractivity contribution in [3.8, 4) is 22.8 Å². The predicted molar refractivity (Wildman–Crippen MR) is 116 cm³/mol. The van der Waals surface area contributed by atoms with E-state index in [1.165, 1.54) is 11.3 Å². The average Bonchev–Trinajstić information content (AvgIpc) is 3.28. The van der Waals surface area contributed by atoms with Crippen LogP contribution in [0.2, 0.25) is 5.02 Å². The van der Waals surface area contributed by atoms with E-state index in [9.17, 15) is 4.79 Å². The Hall–Kier alpha value is -3.35. The molecule has 5 rings (SSSR count). The van der Waals surface area contributed by atoms with Crippen molar-refractivity contribution in [2.45, 2.75) is 0 Å². The minimum absolute atomic E-state index is 0.129. The molecule has 0 fully saturated rings. The van der Waals surface area contributed by atoms with Crippen LogP contribution in [-0.2, 0) is 0 Å². The predicted octanol–water partition coefficient (Wildman–Crippen LogP) is 4.08. The normalized spacial score (nSPS) is 12.0. The van der Waals surface area contributed by atoms with Crippen LogP contribution in [0, 0.1) is 0 Å². The first-order valence-electron chi connectivity index (χ1n) is 8.86. The Morgan fingerprint density at radius 3 is 2.24 bits per heavy atom. The van der Waals surface area contributed by atoms with Gasteiger partial charge in [0.1, 0.15) is 11.4 Å². The van der Waals surface area contributed by atoms with Gasteiger partial charge >= 0.3 is 0 Å². The number of pyridine rings is 2. The highest BCUT2D eigenvalue weighted by Gasteiger charge is 2.21. The summed E-state index contributed by atoms with van der Waals surface area (Å²) in [6.45, 7) is 0. The van der Waals surface area contributed by atoms with Crippen molar-refractivity contribution < 1.29 is 0 Å². The van der Waals surface area contributed by atoms with E-state index in [1.807, 2.05) is 54.6 Å². The van der Waals surface area contributed by atoms with E-state index in [-0.39, 0.29) is 5.56 Å². The number of thiazole rings is 1. The molecule has 140 valence electrons. The molecule has 4 aromatic heterocycles. The highest BCUT2D eigenvalue weighted by atomic mass is 35.5. The molecule has 0 spiro atoms. The van der Waals surface area contributed by atoms with Crippen LogP contribution in [0.15, 0.2) is 77.9 Å². The Kier molecular flexibility index (Phi) is 4.42. The van der Waals surface area contributed by atoms with E-state index in [0.29, 0.717) is 37.3 Å². The summed E-state index contributed by atoms with van der Waals surface area (Å²) in [4.78, 5) is 27.5. The van der Waals surface area contributed by atoms with Crippen LogP contribution < -0.4 is 10.1 Å². The van der Waals surface area contributed by atoms with Crippen LogP contribution in [0.4, 0.5) is 0 Å². The molecule has 0 aliphatic carbocycles.